The molecule has 0 radical (unpaired) electrons. The van der Waals surface area contributed by atoms with Crippen LogP contribution in [0.3, 0.4) is 0 Å². The lowest BCUT2D eigenvalue weighted by atomic mass is 9.77. The maximum Gasteiger partial charge on any atom is 0.433 e. The molecule has 4 heteroatoms. The zero-order valence-corrected chi connectivity index (χ0v) is 12.0. The van der Waals surface area contributed by atoms with Crippen LogP contribution in [0.4, 0.5) is 4.79 Å². The first-order valence-electron chi connectivity index (χ1n) is 7.72. The molecule has 0 atom stereocenters. The highest BCUT2D eigenvalue weighted by atomic mass is 16.7. The lowest BCUT2D eigenvalue weighted by Crippen LogP contribution is -2.21. The molecular weight excluding hydrogens is 240 g/mol. The molecule has 0 unspecified atom stereocenters. The first-order chi connectivity index (χ1) is 9.28. The molecule has 2 aliphatic carbocycles. The zero-order valence-electron chi connectivity index (χ0n) is 12.0. The minimum absolute atomic E-state index is 0.475. The van der Waals surface area contributed by atoms with Crippen LogP contribution in [0.15, 0.2) is 5.16 Å². The maximum absolute atomic E-state index is 10.9. The van der Waals surface area contributed by atoms with Gasteiger partial charge in [0.2, 0.25) is 0 Å². The number of hydrogen-bond acceptors (Lipinski definition) is 3. The molecule has 2 saturated carbocycles. The lowest BCUT2D eigenvalue weighted by Gasteiger charge is -2.29. The fourth-order valence-corrected chi connectivity index (χ4v) is 3.38. The molecule has 0 aromatic heterocycles. The highest BCUT2D eigenvalue weighted by molar-refractivity contribution is 5.85. The lowest BCUT2D eigenvalue weighted by molar-refractivity contribution is 0.152. The number of hydrogen-bond donors (Lipinski definition) is 1. The largest absolute Gasteiger partial charge is 0.433 e. The van der Waals surface area contributed by atoms with Crippen LogP contribution in [-0.4, -0.2) is 18.9 Å². The minimum Gasteiger partial charge on any atom is -0.323 e. The molecule has 19 heavy (non-hydrogen) atoms. The fraction of sp³-hybridized carbons (Fsp3) is 0.867. The Balaban J connectivity index is 1.68. The van der Waals surface area contributed by atoms with E-state index in [2.05, 4.69) is 10.5 Å². The van der Waals surface area contributed by atoms with Gasteiger partial charge in [0.05, 0.1) is 5.71 Å². The summed E-state index contributed by atoms with van der Waals surface area (Å²) < 4.78 is 0. The summed E-state index contributed by atoms with van der Waals surface area (Å²) >= 11 is 0. The third-order valence-corrected chi connectivity index (χ3v) is 4.54. The van der Waals surface area contributed by atoms with Crippen LogP contribution in [0.5, 0.6) is 0 Å². The van der Waals surface area contributed by atoms with Gasteiger partial charge in [-0.05, 0) is 43.9 Å². The van der Waals surface area contributed by atoms with Gasteiger partial charge >= 0.3 is 6.09 Å². The summed E-state index contributed by atoms with van der Waals surface area (Å²) in [7, 11) is 1.55. The van der Waals surface area contributed by atoms with Gasteiger partial charge in [-0.1, -0.05) is 37.3 Å². The summed E-state index contributed by atoms with van der Waals surface area (Å²) in [6.07, 6.45) is 12.5. The van der Waals surface area contributed by atoms with Crippen LogP contribution in [0.2, 0.25) is 0 Å². The average molecular weight is 266 g/mol. The molecule has 2 aliphatic rings. The summed E-state index contributed by atoms with van der Waals surface area (Å²) in [6, 6.07) is 0. The monoisotopic (exact) mass is 266 g/mol. The third kappa shape index (κ3) is 4.84. The summed E-state index contributed by atoms with van der Waals surface area (Å²) in [5.41, 5.74) is 1.04. The van der Waals surface area contributed by atoms with Crippen molar-refractivity contribution in [2.45, 2.75) is 64.2 Å². The van der Waals surface area contributed by atoms with Crippen LogP contribution >= 0.6 is 0 Å². The van der Waals surface area contributed by atoms with E-state index in [9.17, 15) is 4.79 Å². The number of nitrogens with one attached hydrogen (secondary N) is 1. The van der Waals surface area contributed by atoms with Crippen LogP contribution in [0, 0.1) is 11.8 Å². The second-order valence-corrected chi connectivity index (χ2v) is 5.97. The van der Waals surface area contributed by atoms with Crippen LogP contribution in [0.1, 0.15) is 64.2 Å². The molecule has 0 aliphatic heterocycles. The topological polar surface area (TPSA) is 50.7 Å². The molecule has 0 heterocycles. The van der Waals surface area contributed by atoms with Gasteiger partial charge in [-0.2, -0.15) is 0 Å². The second-order valence-electron chi connectivity index (χ2n) is 5.97. The van der Waals surface area contributed by atoms with Crippen LogP contribution in [-0.2, 0) is 4.84 Å². The second kappa shape index (κ2) is 7.51. The standard InChI is InChI=1S/C15H26N2O2/c1-16-15(18)19-17-14-9-7-13(8-10-14)11-12-5-3-2-4-6-12/h12-13H,2-11H2,1H3,(H,16,18). The SMILES string of the molecule is CNC(=O)ON=C1CCC(CC2CCCCC2)CC1. The van der Waals surface area contributed by atoms with E-state index in [1.807, 2.05) is 0 Å². The van der Waals surface area contributed by atoms with Gasteiger partial charge in [0.15, 0.2) is 0 Å². The summed E-state index contributed by atoms with van der Waals surface area (Å²) in [4.78, 5) is 15.7. The number of oxime groups is 1. The molecule has 0 spiro atoms. The number of carbonyl (C=O) groups is 1. The highest BCUT2D eigenvalue weighted by Crippen LogP contribution is 2.34. The van der Waals surface area contributed by atoms with E-state index in [1.54, 1.807) is 7.05 Å². The van der Waals surface area contributed by atoms with Gasteiger partial charge in [0.1, 0.15) is 0 Å². The Labute approximate surface area is 116 Å². The molecule has 0 saturated heterocycles. The normalized spacial score (nSPS) is 24.9. The Morgan fingerprint density at radius 1 is 1.16 bits per heavy atom. The number of nitrogens with zero attached hydrogens (tertiary/aromatic N) is 1. The van der Waals surface area contributed by atoms with E-state index in [1.165, 1.54) is 51.4 Å². The molecule has 4 nitrogen and oxygen atoms in total. The van der Waals surface area contributed by atoms with Gasteiger partial charge in [0.25, 0.3) is 0 Å². The summed E-state index contributed by atoms with van der Waals surface area (Å²) in [5.74, 6) is 1.83. The fourth-order valence-electron chi connectivity index (χ4n) is 3.38. The predicted molar refractivity (Wildman–Crippen MR) is 76.1 cm³/mol. The van der Waals surface area contributed by atoms with Gasteiger partial charge in [0, 0.05) is 7.05 Å². The zero-order chi connectivity index (χ0) is 13.5. The molecule has 1 N–H and O–H groups in total. The molecule has 0 aromatic carbocycles. The van der Waals surface area contributed by atoms with Crippen molar-refractivity contribution in [2.75, 3.05) is 7.05 Å². The molecule has 2 fully saturated rings. The molecule has 2 rings (SSSR count). The molecule has 0 bridgehead atoms. The summed E-state index contributed by atoms with van der Waals surface area (Å²) in [5, 5.41) is 6.34. The number of amides is 1. The van der Waals surface area contributed by atoms with Crippen molar-refractivity contribution in [2.24, 2.45) is 17.0 Å². The Morgan fingerprint density at radius 3 is 2.42 bits per heavy atom. The van der Waals surface area contributed by atoms with Gasteiger partial charge in [-0.15, -0.1) is 0 Å². The first kappa shape index (κ1) is 14.4. The Bertz CT molecular complexity index is 312. The molecule has 108 valence electrons. The van der Waals surface area contributed by atoms with E-state index in [0.29, 0.717) is 0 Å². The van der Waals surface area contributed by atoms with Crippen molar-refractivity contribution in [3.63, 3.8) is 0 Å². The summed E-state index contributed by atoms with van der Waals surface area (Å²) in [6.45, 7) is 0. The minimum atomic E-state index is -0.475. The Kier molecular flexibility index (Phi) is 5.67. The molecular formula is C15H26N2O2. The number of rotatable bonds is 3. The van der Waals surface area contributed by atoms with Crippen molar-refractivity contribution < 1.29 is 9.63 Å². The van der Waals surface area contributed by atoms with E-state index in [4.69, 9.17) is 4.84 Å². The van der Waals surface area contributed by atoms with Crippen molar-refractivity contribution in [3.8, 4) is 0 Å². The quantitative estimate of drug-likeness (QED) is 0.623. The molecule has 0 aromatic rings. The Hall–Kier alpha value is -1.06. The Morgan fingerprint density at radius 2 is 1.79 bits per heavy atom. The molecule has 1 amide bonds. The van der Waals surface area contributed by atoms with Gasteiger partial charge in [-0.3, -0.25) is 4.84 Å². The van der Waals surface area contributed by atoms with Crippen molar-refractivity contribution in [1.82, 2.24) is 5.32 Å². The number of carbonyl (C=O) groups excluding carboxylic acids is 1. The first-order valence-corrected chi connectivity index (χ1v) is 7.72. The highest BCUT2D eigenvalue weighted by Gasteiger charge is 2.23. The van der Waals surface area contributed by atoms with Gasteiger partial charge in [-0.25, -0.2) is 4.79 Å². The van der Waals surface area contributed by atoms with Crippen LogP contribution < -0.4 is 5.32 Å². The van der Waals surface area contributed by atoms with Gasteiger partial charge < -0.3 is 5.32 Å². The van der Waals surface area contributed by atoms with Crippen molar-refractivity contribution in [1.29, 1.82) is 0 Å². The average Bonchev–Trinajstić information content (AvgIpc) is 2.47. The van der Waals surface area contributed by atoms with Crippen LogP contribution in [0.25, 0.3) is 0 Å². The van der Waals surface area contributed by atoms with E-state index in [-0.39, 0.29) is 0 Å². The van der Waals surface area contributed by atoms with E-state index < -0.39 is 6.09 Å². The maximum atomic E-state index is 10.9. The third-order valence-electron chi connectivity index (χ3n) is 4.54. The van der Waals surface area contributed by atoms with Crippen molar-refractivity contribution in [3.05, 3.63) is 0 Å². The predicted octanol–water partition coefficient (Wildman–Crippen LogP) is 3.86. The van der Waals surface area contributed by atoms with E-state index in [0.717, 1.165) is 30.4 Å². The smallest absolute Gasteiger partial charge is 0.323 e. The van der Waals surface area contributed by atoms with Crippen molar-refractivity contribution >= 4 is 11.8 Å². The van der Waals surface area contributed by atoms with E-state index >= 15 is 0 Å².